The summed E-state index contributed by atoms with van der Waals surface area (Å²) in [6, 6.07) is 11.8. The molecule has 0 unspecified atom stereocenters. The molecule has 0 radical (unpaired) electrons. The summed E-state index contributed by atoms with van der Waals surface area (Å²) >= 11 is 12.4. The van der Waals surface area contributed by atoms with Gasteiger partial charge < -0.3 is 0 Å². The van der Waals surface area contributed by atoms with Crippen LogP contribution < -0.4 is 0 Å². The molecule has 1 heterocycles. The topological polar surface area (TPSA) is 25.8 Å². The number of aromatic nitrogens is 2. The summed E-state index contributed by atoms with van der Waals surface area (Å²) in [5.41, 5.74) is 4.05. The molecular formula is C17H14Cl2N2. The van der Waals surface area contributed by atoms with E-state index in [0.29, 0.717) is 16.0 Å². The van der Waals surface area contributed by atoms with Crippen molar-refractivity contribution >= 4 is 34.1 Å². The van der Waals surface area contributed by atoms with Crippen LogP contribution in [0, 0.1) is 6.92 Å². The van der Waals surface area contributed by atoms with Crippen molar-refractivity contribution in [2.24, 2.45) is 0 Å². The highest BCUT2D eigenvalue weighted by Gasteiger charge is 2.11. The highest BCUT2D eigenvalue weighted by Crippen LogP contribution is 2.29. The SMILES string of the molecule is CCc1ccc2nc(-c3cc(Cl)ccc3C)nc(Cl)c2c1. The highest BCUT2D eigenvalue weighted by atomic mass is 35.5. The third kappa shape index (κ3) is 2.74. The van der Waals surface area contributed by atoms with E-state index in [2.05, 4.69) is 23.0 Å². The first-order chi connectivity index (χ1) is 10.1. The number of hydrogen-bond acceptors (Lipinski definition) is 2. The Morgan fingerprint density at radius 2 is 1.81 bits per heavy atom. The summed E-state index contributed by atoms with van der Waals surface area (Å²) in [7, 11) is 0. The van der Waals surface area contributed by atoms with E-state index in [-0.39, 0.29) is 0 Å². The summed E-state index contributed by atoms with van der Waals surface area (Å²) in [4.78, 5) is 9.07. The van der Waals surface area contributed by atoms with Crippen LogP contribution >= 0.6 is 23.2 Å². The quantitative estimate of drug-likeness (QED) is 0.585. The Labute approximate surface area is 133 Å². The van der Waals surface area contributed by atoms with E-state index in [1.165, 1.54) is 5.56 Å². The molecule has 0 atom stereocenters. The minimum atomic E-state index is 0.477. The van der Waals surface area contributed by atoms with Gasteiger partial charge in [-0.1, -0.05) is 42.3 Å². The van der Waals surface area contributed by atoms with Crippen LogP contribution in [-0.2, 0) is 6.42 Å². The monoisotopic (exact) mass is 316 g/mol. The molecule has 106 valence electrons. The molecule has 0 amide bonds. The number of aryl methyl sites for hydroxylation is 2. The number of halogens is 2. The average molecular weight is 317 g/mol. The second-order valence-corrected chi connectivity index (χ2v) is 5.80. The smallest absolute Gasteiger partial charge is 0.161 e. The van der Waals surface area contributed by atoms with Crippen LogP contribution in [0.5, 0.6) is 0 Å². The van der Waals surface area contributed by atoms with Gasteiger partial charge in [-0.2, -0.15) is 0 Å². The van der Waals surface area contributed by atoms with Crippen molar-refractivity contribution in [1.82, 2.24) is 9.97 Å². The van der Waals surface area contributed by atoms with Crippen molar-refractivity contribution in [2.45, 2.75) is 20.3 Å². The van der Waals surface area contributed by atoms with Crippen LogP contribution in [0.4, 0.5) is 0 Å². The molecule has 0 bridgehead atoms. The fraction of sp³-hybridized carbons (Fsp3) is 0.176. The lowest BCUT2D eigenvalue weighted by molar-refractivity contribution is 1.14. The Morgan fingerprint density at radius 3 is 2.57 bits per heavy atom. The third-order valence-electron chi connectivity index (χ3n) is 3.56. The maximum absolute atomic E-state index is 6.35. The fourth-order valence-electron chi connectivity index (χ4n) is 2.31. The summed E-state index contributed by atoms with van der Waals surface area (Å²) in [6.07, 6.45) is 0.960. The Balaban J connectivity index is 2.23. The molecule has 0 saturated carbocycles. The molecular weight excluding hydrogens is 303 g/mol. The molecule has 0 N–H and O–H groups in total. The summed E-state index contributed by atoms with van der Waals surface area (Å²) in [5.74, 6) is 0.608. The van der Waals surface area contributed by atoms with Crippen LogP contribution in [0.25, 0.3) is 22.3 Å². The zero-order valence-corrected chi connectivity index (χ0v) is 13.3. The van der Waals surface area contributed by atoms with Crippen LogP contribution in [0.1, 0.15) is 18.1 Å². The van der Waals surface area contributed by atoms with Gasteiger partial charge in [-0.3, -0.25) is 0 Å². The van der Waals surface area contributed by atoms with Crippen molar-refractivity contribution in [3.05, 3.63) is 57.7 Å². The lowest BCUT2D eigenvalue weighted by Crippen LogP contribution is -1.94. The van der Waals surface area contributed by atoms with Gasteiger partial charge in [0.1, 0.15) is 5.15 Å². The Kier molecular flexibility index (Phi) is 3.83. The van der Waals surface area contributed by atoms with Gasteiger partial charge in [0.2, 0.25) is 0 Å². The number of fused-ring (bicyclic) bond motifs is 1. The third-order valence-corrected chi connectivity index (χ3v) is 4.09. The van der Waals surface area contributed by atoms with Crippen molar-refractivity contribution in [1.29, 1.82) is 0 Å². The van der Waals surface area contributed by atoms with Gasteiger partial charge in [-0.05, 0) is 48.7 Å². The average Bonchev–Trinajstić information content (AvgIpc) is 2.49. The minimum absolute atomic E-state index is 0.477. The molecule has 2 nitrogen and oxygen atoms in total. The molecule has 3 rings (SSSR count). The van der Waals surface area contributed by atoms with Crippen molar-refractivity contribution in [2.75, 3.05) is 0 Å². The van der Waals surface area contributed by atoms with Crippen molar-refractivity contribution < 1.29 is 0 Å². The number of hydrogen-bond donors (Lipinski definition) is 0. The van der Waals surface area contributed by atoms with Crippen molar-refractivity contribution in [3.63, 3.8) is 0 Å². The zero-order chi connectivity index (χ0) is 15.0. The first-order valence-electron chi connectivity index (χ1n) is 6.81. The van der Waals surface area contributed by atoms with E-state index >= 15 is 0 Å². The summed E-state index contributed by atoms with van der Waals surface area (Å²) in [6.45, 7) is 4.12. The molecule has 0 aliphatic heterocycles. The molecule has 4 heteroatoms. The Hall–Kier alpha value is -1.64. The lowest BCUT2D eigenvalue weighted by Gasteiger charge is -2.08. The standard InChI is InChI=1S/C17H14Cl2N2/c1-3-11-5-7-15-14(8-11)16(19)21-17(20-15)13-9-12(18)6-4-10(13)2/h4-9H,3H2,1-2H3. The Morgan fingerprint density at radius 1 is 1.00 bits per heavy atom. The maximum Gasteiger partial charge on any atom is 0.161 e. The normalized spacial score (nSPS) is 11.0. The summed E-state index contributed by atoms with van der Waals surface area (Å²) < 4.78 is 0. The number of rotatable bonds is 2. The fourth-order valence-corrected chi connectivity index (χ4v) is 2.72. The van der Waals surface area contributed by atoms with Gasteiger partial charge in [-0.15, -0.1) is 0 Å². The molecule has 0 spiro atoms. The first-order valence-corrected chi connectivity index (χ1v) is 7.57. The van der Waals surface area contributed by atoms with Crippen LogP contribution in [0.3, 0.4) is 0 Å². The van der Waals surface area contributed by atoms with Crippen LogP contribution in [0.15, 0.2) is 36.4 Å². The second-order valence-electron chi connectivity index (χ2n) is 5.00. The predicted octanol–water partition coefficient (Wildman–Crippen LogP) is 5.47. The van der Waals surface area contributed by atoms with Gasteiger partial charge in [0, 0.05) is 16.0 Å². The van der Waals surface area contributed by atoms with E-state index in [0.717, 1.165) is 28.5 Å². The molecule has 0 saturated heterocycles. The van der Waals surface area contributed by atoms with Crippen LogP contribution in [0.2, 0.25) is 10.2 Å². The van der Waals surface area contributed by atoms with Crippen molar-refractivity contribution in [3.8, 4) is 11.4 Å². The molecule has 3 aromatic rings. The molecule has 2 aromatic carbocycles. The van der Waals surface area contributed by atoms with Gasteiger partial charge >= 0.3 is 0 Å². The van der Waals surface area contributed by atoms with E-state index in [9.17, 15) is 0 Å². The zero-order valence-electron chi connectivity index (χ0n) is 11.8. The lowest BCUT2D eigenvalue weighted by atomic mass is 10.1. The largest absolute Gasteiger partial charge is 0.228 e. The predicted molar refractivity (Wildman–Crippen MR) is 89.1 cm³/mol. The molecule has 1 aromatic heterocycles. The molecule has 21 heavy (non-hydrogen) atoms. The van der Waals surface area contributed by atoms with Gasteiger partial charge in [0.25, 0.3) is 0 Å². The van der Waals surface area contributed by atoms with E-state index < -0.39 is 0 Å². The van der Waals surface area contributed by atoms with Gasteiger partial charge in [0.05, 0.1) is 5.52 Å². The highest BCUT2D eigenvalue weighted by molar-refractivity contribution is 6.34. The molecule has 0 fully saturated rings. The minimum Gasteiger partial charge on any atom is -0.228 e. The van der Waals surface area contributed by atoms with E-state index in [1.807, 2.05) is 37.3 Å². The number of benzene rings is 2. The summed E-state index contributed by atoms with van der Waals surface area (Å²) in [5, 5.41) is 2.03. The first kappa shape index (κ1) is 14.3. The van der Waals surface area contributed by atoms with Crippen LogP contribution in [-0.4, -0.2) is 9.97 Å². The molecule has 0 aliphatic carbocycles. The second kappa shape index (κ2) is 5.63. The Bertz CT molecular complexity index is 828. The van der Waals surface area contributed by atoms with E-state index in [4.69, 9.17) is 23.2 Å². The number of nitrogens with zero attached hydrogens (tertiary/aromatic N) is 2. The van der Waals surface area contributed by atoms with E-state index in [1.54, 1.807) is 0 Å². The maximum atomic E-state index is 6.35. The van der Waals surface area contributed by atoms with Gasteiger partial charge in [-0.25, -0.2) is 9.97 Å². The van der Waals surface area contributed by atoms with Gasteiger partial charge in [0.15, 0.2) is 5.82 Å². The molecule has 0 aliphatic rings.